The molecule has 5 heteroatoms. The molecule has 0 aliphatic heterocycles. The minimum Gasteiger partial charge on any atom is -0.489 e. The van der Waals surface area contributed by atoms with Crippen LogP contribution >= 0.6 is 0 Å². The van der Waals surface area contributed by atoms with Gasteiger partial charge in [0.2, 0.25) is 0 Å². The maximum atomic E-state index is 13.6. The summed E-state index contributed by atoms with van der Waals surface area (Å²) in [6.45, 7) is 3.69. The second-order valence-corrected chi connectivity index (χ2v) is 4.66. The molecule has 1 aromatic carbocycles. The zero-order chi connectivity index (χ0) is 14.7. The molecule has 20 heavy (non-hydrogen) atoms. The Hall–Kier alpha value is -2.01. The van der Waals surface area contributed by atoms with Crippen molar-refractivity contribution in [1.82, 2.24) is 4.98 Å². The number of hydrogen-bond donors (Lipinski definition) is 1. The summed E-state index contributed by atoms with van der Waals surface area (Å²) in [5, 5.41) is 10.1. The zero-order valence-electron chi connectivity index (χ0n) is 11.2. The Morgan fingerprint density at radius 2 is 1.80 bits per heavy atom. The third-order valence-corrected chi connectivity index (χ3v) is 2.69. The lowest BCUT2D eigenvalue weighted by Crippen LogP contribution is -2.09. The average molecular weight is 279 g/mol. The van der Waals surface area contributed by atoms with Crippen molar-refractivity contribution in [3.8, 4) is 5.75 Å². The van der Waals surface area contributed by atoms with Crippen LogP contribution in [0.2, 0.25) is 0 Å². The second kappa shape index (κ2) is 5.96. The molecule has 0 aliphatic carbocycles. The molecule has 0 amide bonds. The van der Waals surface area contributed by atoms with Crippen LogP contribution in [0.5, 0.6) is 5.75 Å². The molecular formula is C15H15F2NO2. The molecule has 0 saturated heterocycles. The standard InChI is InChI=1S/C15H15F2NO2/c1-9(2)20-11-6-10(7-18-8-11)15(19)14-12(16)4-3-5-13(14)17/h3-9,15,19H,1-2H3. The Bertz CT molecular complexity index is 582. The molecule has 106 valence electrons. The Balaban J connectivity index is 2.36. The summed E-state index contributed by atoms with van der Waals surface area (Å²) in [6.07, 6.45) is 1.34. The van der Waals surface area contributed by atoms with E-state index in [1.165, 1.54) is 24.5 Å². The fourth-order valence-electron chi connectivity index (χ4n) is 1.86. The van der Waals surface area contributed by atoms with Crippen molar-refractivity contribution < 1.29 is 18.6 Å². The summed E-state index contributed by atoms with van der Waals surface area (Å²) in [5.41, 5.74) is -0.122. The quantitative estimate of drug-likeness (QED) is 0.934. The van der Waals surface area contributed by atoms with E-state index >= 15 is 0 Å². The first kappa shape index (κ1) is 14.4. The van der Waals surface area contributed by atoms with E-state index in [9.17, 15) is 13.9 Å². The third-order valence-electron chi connectivity index (χ3n) is 2.69. The molecule has 0 fully saturated rings. The van der Waals surface area contributed by atoms with Crippen molar-refractivity contribution in [2.75, 3.05) is 0 Å². The normalized spacial score (nSPS) is 12.5. The van der Waals surface area contributed by atoms with Gasteiger partial charge in [0.1, 0.15) is 23.5 Å². The molecule has 1 N–H and O–H groups in total. The highest BCUT2D eigenvalue weighted by Crippen LogP contribution is 2.28. The first-order valence-corrected chi connectivity index (χ1v) is 6.22. The molecule has 3 nitrogen and oxygen atoms in total. The van der Waals surface area contributed by atoms with Gasteiger partial charge in [0.05, 0.1) is 17.9 Å². The summed E-state index contributed by atoms with van der Waals surface area (Å²) < 4.78 is 32.7. The molecule has 0 bridgehead atoms. The van der Waals surface area contributed by atoms with Gasteiger partial charge >= 0.3 is 0 Å². The monoisotopic (exact) mass is 279 g/mol. The van der Waals surface area contributed by atoms with Crippen LogP contribution < -0.4 is 4.74 Å². The summed E-state index contributed by atoms with van der Waals surface area (Å²) in [6, 6.07) is 4.97. The van der Waals surface area contributed by atoms with Crippen molar-refractivity contribution in [2.24, 2.45) is 0 Å². The molecule has 1 aromatic heterocycles. The topological polar surface area (TPSA) is 42.4 Å². The van der Waals surface area contributed by atoms with Crippen LogP contribution in [-0.2, 0) is 0 Å². The van der Waals surface area contributed by atoms with E-state index in [1.807, 2.05) is 13.8 Å². The van der Waals surface area contributed by atoms with Crippen LogP contribution in [0.25, 0.3) is 0 Å². The minimum atomic E-state index is -1.43. The number of halogens is 2. The van der Waals surface area contributed by atoms with Crippen molar-refractivity contribution in [1.29, 1.82) is 0 Å². The summed E-state index contributed by atoms with van der Waals surface area (Å²) in [5.74, 6) is -1.16. The SMILES string of the molecule is CC(C)Oc1cncc(C(O)c2c(F)cccc2F)c1. The second-order valence-electron chi connectivity index (χ2n) is 4.66. The van der Waals surface area contributed by atoms with E-state index in [0.717, 1.165) is 12.1 Å². The van der Waals surface area contributed by atoms with E-state index in [1.54, 1.807) is 0 Å². The maximum absolute atomic E-state index is 13.6. The van der Waals surface area contributed by atoms with E-state index in [2.05, 4.69) is 4.98 Å². The Kier molecular flexibility index (Phi) is 4.29. The first-order valence-electron chi connectivity index (χ1n) is 6.22. The molecule has 2 rings (SSSR count). The van der Waals surface area contributed by atoms with Crippen LogP contribution in [0.1, 0.15) is 31.1 Å². The Morgan fingerprint density at radius 1 is 1.15 bits per heavy atom. The van der Waals surface area contributed by atoms with Gasteiger partial charge in [-0.2, -0.15) is 0 Å². The van der Waals surface area contributed by atoms with Gasteiger partial charge in [-0.05, 0) is 32.0 Å². The number of benzene rings is 1. The van der Waals surface area contributed by atoms with Gasteiger partial charge in [-0.3, -0.25) is 4.98 Å². The molecule has 1 atom stereocenters. The number of pyridine rings is 1. The molecular weight excluding hydrogens is 264 g/mol. The zero-order valence-corrected chi connectivity index (χ0v) is 11.2. The number of aliphatic hydroxyl groups excluding tert-OH is 1. The lowest BCUT2D eigenvalue weighted by molar-refractivity contribution is 0.205. The highest BCUT2D eigenvalue weighted by molar-refractivity contribution is 5.34. The van der Waals surface area contributed by atoms with E-state index in [-0.39, 0.29) is 11.7 Å². The van der Waals surface area contributed by atoms with Crippen LogP contribution in [-0.4, -0.2) is 16.2 Å². The molecule has 0 saturated carbocycles. The highest BCUT2D eigenvalue weighted by Gasteiger charge is 2.20. The highest BCUT2D eigenvalue weighted by atomic mass is 19.1. The molecule has 2 aromatic rings. The smallest absolute Gasteiger partial charge is 0.138 e. The molecule has 1 unspecified atom stereocenters. The van der Waals surface area contributed by atoms with Gasteiger partial charge in [0.15, 0.2) is 0 Å². The van der Waals surface area contributed by atoms with Gasteiger partial charge in [-0.1, -0.05) is 6.07 Å². The van der Waals surface area contributed by atoms with Crippen molar-refractivity contribution in [3.05, 3.63) is 59.4 Å². The predicted octanol–water partition coefficient (Wildman–Crippen LogP) is 3.23. The van der Waals surface area contributed by atoms with Crippen molar-refractivity contribution in [3.63, 3.8) is 0 Å². The number of hydrogen-bond acceptors (Lipinski definition) is 3. The number of aromatic nitrogens is 1. The van der Waals surface area contributed by atoms with Crippen LogP contribution in [0.3, 0.4) is 0 Å². The van der Waals surface area contributed by atoms with E-state index in [4.69, 9.17) is 4.74 Å². The van der Waals surface area contributed by atoms with Gasteiger partial charge in [0, 0.05) is 11.8 Å². The Labute approximate surface area is 115 Å². The molecule has 0 spiro atoms. The lowest BCUT2D eigenvalue weighted by Gasteiger charge is -2.15. The maximum Gasteiger partial charge on any atom is 0.138 e. The van der Waals surface area contributed by atoms with E-state index in [0.29, 0.717) is 5.75 Å². The molecule has 0 aliphatic rings. The summed E-state index contributed by atoms with van der Waals surface area (Å²) in [7, 11) is 0. The lowest BCUT2D eigenvalue weighted by atomic mass is 10.0. The number of nitrogens with zero attached hydrogens (tertiary/aromatic N) is 1. The van der Waals surface area contributed by atoms with Crippen molar-refractivity contribution >= 4 is 0 Å². The fraction of sp³-hybridized carbons (Fsp3) is 0.267. The van der Waals surface area contributed by atoms with Crippen molar-refractivity contribution in [2.45, 2.75) is 26.1 Å². The largest absolute Gasteiger partial charge is 0.489 e. The van der Waals surface area contributed by atoms with Crippen LogP contribution in [0.15, 0.2) is 36.7 Å². The first-order chi connectivity index (χ1) is 9.49. The number of rotatable bonds is 4. The average Bonchev–Trinajstić information content (AvgIpc) is 2.38. The summed E-state index contributed by atoms with van der Waals surface area (Å²) in [4.78, 5) is 3.91. The number of ether oxygens (including phenoxy) is 1. The van der Waals surface area contributed by atoms with Gasteiger partial charge in [-0.15, -0.1) is 0 Å². The van der Waals surface area contributed by atoms with Gasteiger partial charge in [0.25, 0.3) is 0 Å². The van der Waals surface area contributed by atoms with E-state index < -0.39 is 23.3 Å². The number of aliphatic hydroxyl groups is 1. The predicted molar refractivity (Wildman–Crippen MR) is 70.4 cm³/mol. The minimum absolute atomic E-state index is 0.0607. The van der Waals surface area contributed by atoms with Crippen LogP contribution in [0, 0.1) is 11.6 Å². The molecule has 0 radical (unpaired) electrons. The van der Waals surface area contributed by atoms with Crippen LogP contribution in [0.4, 0.5) is 8.78 Å². The fourth-order valence-corrected chi connectivity index (χ4v) is 1.86. The third kappa shape index (κ3) is 3.11. The Morgan fingerprint density at radius 3 is 2.40 bits per heavy atom. The van der Waals surface area contributed by atoms with Gasteiger partial charge < -0.3 is 9.84 Å². The van der Waals surface area contributed by atoms with Gasteiger partial charge in [-0.25, -0.2) is 8.78 Å². The molecule has 1 heterocycles. The summed E-state index contributed by atoms with van der Waals surface area (Å²) >= 11 is 0.